The third-order valence-corrected chi connectivity index (χ3v) is 5.81. The summed E-state index contributed by atoms with van der Waals surface area (Å²) in [6.07, 6.45) is 4.64. The molecule has 1 N–H and O–H groups in total. The summed E-state index contributed by atoms with van der Waals surface area (Å²) in [5.41, 5.74) is 2.17. The zero-order chi connectivity index (χ0) is 20.8. The van der Waals surface area contributed by atoms with Gasteiger partial charge >= 0.3 is 0 Å². The monoisotopic (exact) mass is 429 g/mol. The number of benzene rings is 1. The summed E-state index contributed by atoms with van der Waals surface area (Å²) < 4.78 is 5.51. The van der Waals surface area contributed by atoms with Crippen molar-refractivity contribution in [2.24, 2.45) is 0 Å². The largest absolute Gasteiger partial charge is 0.360 e. The number of carbonyl (C=O) groups is 2. The van der Waals surface area contributed by atoms with Gasteiger partial charge in [0.2, 0.25) is 5.91 Å². The number of anilines is 1. The molecular formula is C21H23N3O3S2. The molecule has 1 aromatic heterocycles. The predicted octanol–water partition coefficient (Wildman–Crippen LogP) is 4.69. The third-order valence-electron chi connectivity index (χ3n) is 4.43. The molecule has 1 aliphatic heterocycles. The lowest BCUT2D eigenvalue weighted by atomic mass is 10.1. The van der Waals surface area contributed by atoms with Gasteiger partial charge in [-0.2, -0.15) is 0 Å². The minimum absolute atomic E-state index is 0.0419. The molecule has 1 saturated heterocycles. The molecule has 1 aromatic carbocycles. The molecule has 0 saturated carbocycles. The number of nitrogens with zero attached hydrogens (tertiary/aromatic N) is 2. The van der Waals surface area contributed by atoms with Crippen molar-refractivity contribution in [3.05, 3.63) is 52.1 Å². The molecule has 1 fully saturated rings. The number of hydrogen-bond acceptors (Lipinski definition) is 6. The van der Waals surface area contributed by atoms with Crippen LogP contribution in [0.2, 0.25) is 0 Å². The summed E-state index contributed by atoms with van der Waals surface area (Å²) in [6, 6.07) is 9.71. The molecule has 2 aromatic rings. The summed E-state index contributed by atoms with van der Waals surface area (Å²) in [7, 11) is 0. The van der Waals surface area contributed by atoms with E-state index in [2.05, 4.69) is 10.5 Å². The van der Waals surface area contributed by atoms with Crippen LogP contribution in [0.5, 0.6) is 0 Å². The molecule has 0 aliphatic carbocycles. The van der Waals surface area contributed by atoms with Crippen molar-refractivity contribution in [3.8, 4) is 0 Å². The number of aromatic nitrogens is 1. The Morgan fingerprint density at radius 1 is 1.24 bits per heavy atom. The highest BCUT2D eigenvalue weighted by molar-refractivity contribution is 8.26. The maximum absolute atomic E-state index is 12.6. The van der Waals surface area contributed by atoms with Crippen LogP contribution in [0, 0.1) is 13.8 Å². The minimum Gasteiger partial charge on any atom is -0.360 e. The summed E-state index contributed by atoms with van der Waals surface area (Å²) in [6.45, 7) is 4.37. The standard InChI is InChI=1S/C21H23N3O3S2/c1-14-7-9-16(10-8-14)13-17-20(26)24(21(28)29-17)11-5-3-4-6-19(25)22-18-12-15(2)27-23-18/h7-10,12-13H,3-6,11H2,1-2H3,(H,22,23,25). The van der Waals surface area contributed by atoms with Gasteiger partial charge in [0.1, 0.15) is 10.1 Å². The summed E-state index contributed by atoms with van der Waals surface area (Å²) in [4.78, 5) is 26.8. The van der Waals surface area contributed by atoms with Crippen molar-refractivity contribution in [3.63, 3.8) is 0 Å². The lowest BCUT2D eigenvalue weighted by Gasteiger charge is -2.14. The Labute approximate surface area is 179 Å². The first kappa shape index (κ1) is 21.3. The van der Waals surface area contributed by atoms with Crippen LogP contribution in [0.4, 0.5) is 5.82 Å². The highest BCUT2D eigenvalue weighted by atomic mass is 32.2. The molecule has 6 nitrogen and oxygen atoms in total. The van der Waals surface area contributed by atoms with Crippen LogP contribution in [-0.2, 0) is 9.59 Å². The van der Waals surface area contributed by atoms with Crippen LogP contribution in [0.3, 0.4) is 0 Å². The number of thioether (sulfide) groups is 1. The van der Waals surface area contributed by atoms with Crippen molar-refractivity contribution in [2.75, 3.05) is 11.9 Å². The van der Waals surface area contributed by atoms with Gasteiger partial charge in [0.15, 0.2) is 5.82 Å². The van der Waals surface area contributed by atoms with E-state index in [-0.39, 0.29) is 11.8 Å². The lowest BCUT2D eigenvalue weighted by Crippen LogP contribution is -2.29. The van der Waals surface area contributed by atoms with Crippen LogP contribution in [0.25, 0.3) is 6.08 Å². The number of nitrogens with one attached hydrogen (secondary N) is 1. The third kappa shape index (κ3) is 6.01. The fraction of sp³-hybridized carbons (Fsp3) is 0.333. The van der Waals surface area contributed by atoms with E-state index in [0.29, 0.717) is 33.8 Å². The van der Waals surface area contributed by atoms with E-state index in [4.69, 9.17) is 16.7 Å². The zero-order valence-electron chi connectivity index (χ0n) is 16.4. The maximum Gasteiger partial charge on any atom is 0.266 e. The van der Waals surface area contributed by atoms with E-state index in [1.165, 1.54) is 17.3 Å². The Balaban J connectivity index is 1.41. The minimum atomic E-state index is -0.0926. The summed E-state index contributed by atoms with van der Waals surface area (Å²) >= 11 is 6.72. The molecule has 0 radical (unpaired) electrons. The molecule has 3 rings (SSSR count). The highest BCUT2D eigenvalue weighted by Crippen LogP contribution is 2.32. The Bertz CT molecular complexity index is 935. The number of carbonyl (C=O) groups excluding carboxylic acids is 2. The Hall–Kier alpha value is -2.45. The first-order valence-corrected chi connectivity index (χ1v) is 10.7. The first-order chi connectivity index (χ1) is 13.9. The molecule has 1 aliphatic rings. The zero-order valence-corrected chi connectivity index (χ0v) is 18.1. The van der Waals surface area contributed by atoms with Crippen LogP contribution in [0.15, 0.2) is 39.8 Å². The Morgan fingerprint density at radius 3 is 2.69 bits per heavy atom. The van der Waals surface area contributed by atoms with E-state index < -0.39 is 0 Å². The molecule has 0 bridgehead atoms. The second-order valence-electron chi connectivity index (χ2n) is 6.93. The molecule has 152 valence electrons. The van der Waals surface area contributed by atoms with E-state index in [1.54, 1.807) is 17.9 Å². The molecular weight excluding hydrogens is 406 g/mol. The van der Waals surface area contributed by atoms with Crippen LogP contribution in [0.1, 0.15) is 42.6 Å². The van der Waals surface area contributed by atoms with Crippen molar-refractivity contribution >= 4 is 52.0 Å². The van der Waals surface area contributed by atoms with Gasteiger partial charge in [-0.3, -0.25) is 14.5 Å². The number of hydrogen-bond donors (Lipinski definition) is 1. The number of amides is 2. The number of aryl methyl sites for hydroxylation is 2. The Kier molecular flexibility index (Phi) is 7.22. The van der Waals surface area contributed by atoms with E-state index in [9.17, 15) is 9.59 Å². The number of unbranched alkanes of at least 4 members (excludes halogenated alkanes) is 2. The highest BCUT2D eigenvalue weighted by Gasteiger charge is 2.31. The number of rotatable bonds is 8. The van der Waals surface area contributed by atoms with Crippen LogP contribution in [-0.4, -0.2) is 32.7 Å². The van der Waals surface area contributed by atoms with Crippen LogP contribution >= 0.6 is 24.0 Å². The van der Waals surface area contributed by atoms with Gasteiger partial charge < -0.3 is 9.84 Å². The smallest absolute Gasteiger partial charge is 0.266 e. The molecule has 29 heavy (non-hydrogen) atoms. The molecule has 0 spiro atoms. The number of thiocarbonyl (C=S) groups is 1. The summed E-state index contributed by atoms with van der Waals surface area (Å²) in [5.74, 6) is 0.954. The van der Waals surface area contributed by atoms with Gasteiger partial charge in [0.25, 0.3) is 5.91 Å². The fourth-order valence-electron chi connectivity index (χ4n) is 2.87. The quantitative estimate of drug-likeness (QED) is 0.373. The fourth-order valence-corrected chi connectivity index (χ4v) is 4.18. The molecule has 8 heteroatoms. The second kappa shape index (κ2) is 9.84. The average Bonchev–Trinajstić information content (AvgIpc) is 3.20. The Morgan fingerprint density at radius 2 is 2.00 bits per heavy atom. The molecule has 0 unspecified atom stereocenters. The van der Waals surface area contributed by atoms with Crippen molar-refractivity contribution in [1.82, 2.24) is 10.1 Å². The van der Waals surface area contributed by atoms with Gasteiger partial charge in [0.05, 0.1) is 4.91 Å². The van der Waals surface area contributed by atoms with E-state index in [1.807, 2.05) is 37.3 Å². The van der Waals surface area contributed by atoms with Gasteiger partial charge in [-0.05, 0) is 38.3 Å². The van der Waals surface area contributed by atoms with Gasteiger partial charge in [-0.25, -0.2) is 0 Å². The van der Waals surface area contributed by atoms with E-state index >= 15 is 0 Å². The van der Waals surface area contributed by atoms with Crippen molar-refractivity contribution < 1.29 is 14.1 Å². The van der Waals surface area contributed by atoms with Gasteiger partial charge in [0, 0.05) is 19.0 Å². The van der Waals surface area contributed by atoms with Crippen LogP contribution < -0.4 is 5.32 Å². The predicted molar refractivity (Wildman–Crippen MR) is 119 cm³/mol. The molecule has 2 amide bonds. The maximum atomic E-state index is 12.6. The van der Waals surface area contributed by atoms with Gasteiger partial charge in [-0.15, -0.1) is 0 Å². The van der Waals surface area contributed by atoms with Crippen molar-refractivity contribution in [2.45, 2.75) is 39.5 Å². The normalized spacial score (nSPS) is 15.4. The summed E-state index contributed by atoms with van der Waals surface area (Å²) in [5, 5.41) is 6.44. The SMILES string of the molecule is Cc1ccc(C=C2SC(=S)N(CCCCCC(=O)Nc3cc(C)on3)C2=O)cc1. The van der Waals surface area contributed by atoms with Gasteiger partial charge in [-0.1, -0.05) is 65.4 Å². The lowest BCUT2D eigenvalue weighted by molar-refractivity contribution is -0.122. The second-order valence-corrected chi connectivity index (χ2v) is 8.60. The molecule has 0 atom stereocenters. The topological polar surface area (TPSA) is 75.4 Å². The van der Waals surface area contributed by atoms with Crippen molar-refractivity contribution in [1.29, 1.82) is 0 Å². The van der Waals surface area contributed by atoms with E-state index in [0.717, 1.165) is 24.8 Å². The first-order valence-electron chi connectivity index (χ1n) is 9.47. The molecule has 2 heterocycles. The average molecular weight is 430 g/mol.